The van der Waals surface area contributed by atoms with Crippen molar-refractivity contribution in [1.82, 2.24) is 0 Å². The first kappa shape index (κ1) is 44.9. The minimum Gasteiger partial charge on any atom is -0.433 e. The highest BCUT2D eigenvalue weighted by Gasteiger charge is 2.84. The minimum atomic E-state index is -3.95. The molecule has 0 aliphatic carbocycles. The fraction of sp³-hybridized carbons (Fsp3) is 0.724. The summed E-state index contributed by atoms with van der Waals surface area (Å²) in [7, 11) is -28.2. The van der Waals surface area contributed by atoms with Gasteiger partial charge in [-0.25, -0.2) is 0 Å². The fourth-order valence-corrected chi connectivity index (χ4v) is 87.2. The second-order valence-electron chi connectivity index (χ2n) is 19.1. The Bertz CT molecular complexity index is 1060. The van der Waals surface area contributed by atoms with Crippen LogP contribution in [0.25, 0.3) is 6.08 Å². The summed E-state index contributed by atoms with van der Waals surface area (Å²) in [5.74, 6) is 0. The third-order valence-corrected chi connectivity index (χ3v) is 52.5. The van der Waals surface area contributed by atoms with E-state index in [0.29, 0.717) is 0 Å². The van der Waals surface area contributed by atoms with Crippen LogP contribution in [-0.2, 0) is 28.8 Å². The lowest BCUT2D eigenvalue weighted by Gasteiger charge is -2.58. The molecule has 0 aromatic heterocycles. The maximum absolute atomic E-state index is 7.90. The largest absolute Gasteiger partial charge is 0.509 e. The molecule has 0 aliphatic heterocycles. The van der Waals surface area contributed by atoms with Gasteiger partial charge in [0.15, 0.2) is 58.2 Å². The average molecular weight is 812 g/mol. The van der Waals surface area contributed by atoms with Crippen molar-refractivity contribution >= 4 is 88.3 Å². The Balaban J connectivity index is 4.91. The first-order valence-electron chi connectivity index (χ1n) is 16.7. The number of hydrogen-bond acceptors (Lipinski definition) is 7. The minimum absolute atomic E-state index is 1.08. The second kappa shape index (κ2) is 15.2. The van der Waals surface area contributed by atoms with Crippen LogP contribution in [0.3, 0.4) is 0 Å². The lowest BCUT2D eigenvalue weighted by atomic mass is 10.2. The molecule has 0 heterocycles. The first-order valence-corrected chi connectivity index (χ1v) is 48.0. The molecule has 1 aromatic rings. The molecular formula is C29H70O7Si10. The highest BCUT2D eigenvalue weighted by molar-refractivity contribution is 7.63. The summed E-state index contributed by atoms with van der Waals surface area (Å²) in [6.07, 6.45) is 2.19. The Labute approximate surface area is 294 Å². The summed E-state index contributed by atoms with van der Waals surface area (Å²) in [5, 5.41) is 0. The molecule has 7 nitrogen and oxygen atoms in total. The molecule has 0 amide bonds. The molecule has 0 bridgehead atoms. The maximum atomic E-state index is 7.90. The SMILES string of the molecule is C[Si](C)(C)O[Si](C=Cc1ccccc1)(O[Si](C)(C)C)[Si](O[Si](C)(C)C)(O[Si](C)(C)C)[Si](O[Si](C)(C)C)(O[Si](C)(C)C)O[Si](C)(C)C. The molecule has 0 unspecified atom stereocenters. The van der Waals surface area contributed by atoms with Crippen LogP contribution in [0.2, 0.25) is 137 Å². The topological polar surface area (TPSA) is 64.6 Å². The monoisotopic (exact) mass is 810 g/mol. The van der Waals surface area contributed by atoms with Crippen molar-refractivity contribution in [3.05, 3.63) is 41.6 Å². The molecular weight excluding hydrogens is 741 g/mol. The van der Waals surface area contributed by atoms with Gasteiger partial charge in [-0.1, -0.05) is 36.4 Å². The third kappa shape index (κ3) is 15.4. The second-order valence-corrected chi connectivity index (χ2v) is 67.8. The highest BCUT2D eigenvalue weighted by Crippen LogP contribution is 2.45. The molecule has 0 fully saturated rings. The molecule has 0 saturated carbocycles. The Morgan fingerprint density at radius 1 is 0.370 bits per heavy atom. The van der Waals surface area contributed by atoms with Crippen molar-refractivity contribution in [1.29, 1.82) is 0 Å². The maximum Gasteiger partial charge on any atom is 0.509 e. The quantitative estimate of drug-likeness (QED) is 0.137. The van der Waals surface area contributed by atoms with Crippen LogP contribution in [-0.4, -0.2) is 82.2 Å². The number of hydrogen-bond donors (Lipinski definition) is 0. The van der Waals surface area contributed by atoms with Crippen molar-refractivity contribution in [3.63, 3.8) is 0 Å². The van der Waals surface area contributed by atoms with Crippen LogP contribution < -0.4 is 0 Å². The molecule has 0 atom stereocenters. The fourth-order valence-electron chi connectivity index (χ4n) is 4.85. The highest BCUT2D eigenvalue weighted by atomic mass is 29.7. The predicted molar refractivity (Wildman–Crippen MR) is 224 cm³/mol. The Morgan fingerprint density at radius 3 is 0.913 bits per heavy atom. The van der Waals surface area contributed by atoms with E-state index in [1.54, 1.807) is 0 Å². The molecule has 0 N–H and O–H groups in total. The van der Waals surface area contributed by atoms with Crippen molar-refractivity contribution in [2.24, 2.45) is 0 Å². The van der Waals surface area contributed by atoms with Gasteiger partial charge in [0.05, 0.1) is 0 Å². The Kier molecular flexibility index (Phi) is 14.8. The Morgan fingerprint density at radius 2 is 0.652 bits per heavy atom. The lowest BCUT2D eigenvalue weighted by Crippen LogP contribution is -2.91. The average Bonchev–Trinajstić information content (AvgIpc) is 2.69. The lowest BCUT2D eigenvalue weighted by molar-refractivity contribution is 0.244. The standard InChI is InChI=1S/C29H70O7Si10/c1-37(2,3)30-44(31-38(4,5)6,28-27-29-25-23-22-24-26-29)46(35-42(16,17)18,36-43(19,20)21)45(32-39(7,8)9,33-40(10,11)12)34-41(13,14)15/h22-28H,1-21H3. The summed E-state index contributed by atoms with van der Waals surface area (Å²) >= 11 is 0. The molecule has 268 valence electrons. The molecule has 1 aromatic carbocycles. The van der Waals surface area contributed by atoms with Gasteiger partial charge in [0.25, 0.3) is 0 Å². The first-order chi connectivity index (χ1) is 20.0. The molecule has 1 rings (SSSR count). The summed E-state index contributed by atoms with van der Waals surface area (Å²) in [4.78, 5) is 0. The van der Waals surface area contributed by atoms with E-state index in [1.807, 2.05) is 6.07 Å². The van der Waals surface area contributed by atoms with Gasteiger partial charge in [0, 0.05) is 0 Å². The van der Waals surface area contributed by atoms with E-state index in [-0.39, 0.29) is 0 Å². The predicted octanol–water partition coefficient (Wildman–Crippen LogP) is 10.2. The molecule has 0 saturated heterocycles. The number of benzene rings is 1. The zero-order valence-electron chi connectivity index (χ0n) is 33.4. The van der Waals surface area contributed by atoms with E-state index in [9.17, 15) is 0 Å². The van der Waals surface area contributed by atoms with Crippen LogP contribution in [0.15, 0.2) is 36.0 Å². The van der Waals surface area contributed by atoms with Crippen molar-refractivity contribution < 1.29 is 28.8 Å². The zero-order chi connectivity index (χ0) is 36.5. The molecule has 0 spiro atoms. The van der Waals surface area contributed by atoms with E-state index in [0.717, 1.165) is 5.56 Å². The van der Waals surface area contributed by atoms with Crippen LogP contribution in [0, 0.1) is 0 Å². The van der Waals surface area contributed by atoms with Gasteiger partial charge in [-0.2, -0.15) is 0 Å². The summed E-state index contributed by atoms with van der Waals surface area (Å²) in [5.41, 5.74) is 3.35. The van der Waals surface area contributed by atoms with E-state index >= 15 is 0 Å². The van der Waals surface area contributed by atoms with Gasteiger partial charge >= 0.3 is 24.0 Å². The van der Waals surface area contributed by atoms with Crippen molar-refractivity contribution in [2.75, 3.05) is 0 Å². The Hall–Kier alpha value is 0.849. The normalized spacial score (nSPS) is 15.6. The van der Waals surface area contributed by atoms with Crippen LogP contribution >= 0.6 is 0 Å². The van der Waals surface area contributed by atoms with Gasteiger partial charge < -0.3 is 28.8 Å². The molecule has 0 aliphatic rings. The summed E-state index contributed by atoms with van der Waals surface area (Å²) in [6, 6.07) is 10.4. The third-order valence-electron chi connectivity index (χ3n) is 5.29. The van der Waals surface area contributed by atoms with Gasteiger partial charge in [0.2, 0.25) is 0 Å². The van der Waals surface area contributed by atoms with E-state index < -0.39 is 82.2 Å². The molecule has 0 radical (unpaired) electrons. The zero-order valence-corrected chi connectivity index (χ0v) is 43.4. The van der Waals surface area contributed by atoms with Gasteiger partial charge in [0.1, 0.15) is 0 Å². The van der Waals surface area contributed by atoms with Crippen molar-refractivity contribution in [3.8, 4) is 0 Å². The van der Waals surface area contributed by atoms with Crippen LogP contribution in [0.4, 0.5) is 0 Å². The van der Waals surface area contributed by atoms with Gasteiger partial charge in [-0.05, 0) is 149 Å². The van der Waals surface area contributed by atoms with E-state index in [1.165, 1.54) is 0 Å². The summed E-state index contributed by atoms with van der Waals surface area (Å²) < 4.78 is 54.2. The number of rotatable bonds is 18. The smallest absolute Gasteiger partial charge is 0.433 e. The molecule has 17 heteroatoms. The van der Waals surface area contributed by atoms with Crippen LogP contribution in [0.5, 0.6) is 0 Å². The van der Waals surface area contributed by atoms with E-state index in [4.69, 9.17) is 28.8 Å². The van der Waals surface area contributed by atoms with Gasteiger partial charge in [-0.15, -0.1) is 0 Å². The van der Waals surface area contributed by atoms with E-state index in [2.05, 4.69) is 174 Å². The summed E-state index contributed by atoms with van der Waals surface area (Å²) in [6.45, 7) is 47.1. The molecule has 46 heavy (non-hydrogen) atoms. The van der Waals surface area contributed by atoms with Gasteiger partial charge in [-0.3, -0.25) is 0 Å². The van der Waals surface area contributed by atoms with Crippen LogP contribution in [0.1, 0.15) is 5.56 Å². The van der Waals surface area contributed by atoms with Crippen molar-refractivity contribution in [2.45, 2.75) is 137 Å².